The Labute approximate surface area is 180 Å². The van der Waals surface area contributed by atoms with Gasteiger partial charge in [0, 0.05) is 36.3 Å². The van der Waals surface area contributed by atoms with Gasteiger partial charge < -0.3 is 14.5 Å². The Morgan fingerprint density at radius 2 is 1.87 bits per heavy atom. The van der Waals surface area contributed by atoms with Gasteiger partial charge in [-0.3, -0.25) is 9.59 Å². The zero-order chi connectivity index (χ0) is 21.3. The molecule has 0 saturated carbocycles. The number of halogens is 2. The van der Waals surface area contributed by atoms with Crippen molar-refractivity contribution in [3.05, 3.63) is 58.4 Å². The highest BCUT2D eigenvalue weighted by Gasteiger charge is 2.33. The molecule has 0 N–H and O–H groups in total. The molecule has 2 aromatic rings. The molecule has 0 atom stereocenters. The van der Waals surface area contributed by atoms with Crippen molar-refractivity contribution in [2.24, 2.45) is 5.92 Å². The Balaban J connectivity index is 1.44. The average molecular weight is 431 g/mol. The minimum absolute atomic E-state index is 0.0222. The number of carbonyl (C=O) groups is 2. The molecule has 2 amide bonds. The Hall–Kier alpha value is -2.60. The maximum absolute atomic E-state index is 13.8. The number of fused-ring (bicyclic) bond motifs is 1. The maximum Gasteiger partial charge on any atom is 0.257 e. The summed E-state index contributed by atoms with van der Waals surface area (Å²) in [7, 11) is 1.52. The summed E-state index contributed by atoms with van der Waals surface area (Å²) in [5.41, 5.74) is 2.13. The predicted molar refractivity (Wildman–Crippen MR) is 114 cm³/mol. The first-order chi connectivity index (χ1) is 14.5. The summed E-state index contributed by atoms with van der Waals surface area (Å²) in [5.74, 6) is -0.150. The highest BCUT2D eigenvalue weighted by atomic mass is 35.5. The number of ether oxygens (including phenoxy) is 1. The van der Waals surface area contributed by atoms with Crippen LogP contribution < -0.4 is 9.64 Å². The molecule has 2 aromatic carbocycles. The van der Waals surface area contributed by atoms with Crippen LogP contribution in [0.5, 0.6) is 5.75 Å². The fraction of sp³-hybridized carbons (Fsp3) is 0.391. The van der Waals surface area contributed by atoms with Crippen LogP contribution in [-0.4, -0.2) is 43.5 Å². The number of likely N-dealkylation sites (tertiary alicyclic amines) is 1. The Morgan fingerprint density at radius 1 is 1.10 bits per heavy atom. The number of hydrogen-bond donors (Lipinski definition) is 0. The zero-order valence-corrected chi connectivity index (χ0v) is 17.6. The van der Waals surface area contributed by atoms with Gasteiger partial charge in [-0.05, 0) is 61.6 Å². The van der Waals surface area contributed by atoms with Gasteiger partial charge in [0.1, 0.15) is 11.6 Å². The number of nitrogens with zero attached hydrogens (tertiary/aromatic N) is 2. The molecule has 158 valence electrons. The molecule has 1 saturated heterocycles. The van der Waals surface area contributed by atoms with Gasteiger partial charge in [0.25, 0.3) is 5.91 Å². The molecule has 1 fully saturated rings. The molecule has 2 heterocycles. The van der Waals surface area contributed by atoms with E-state index < -0.39 is 0 Å². The van der Waals surface area contributed by atoms with Crippen LogP contribution in [-0.2, 0) is 11.2 Å². The first kappa shape index (κ1) is 20.7. The third-order valence-electron chi connectivity index (χ3n) is 5.96. The zero-order valence-electron chi connectivity index (χ0n) is 16.9. The first-order valence-corrected chi connectivity index (χ1v) is 10.6. The summed E-state index contributed by atoms with van der Waals surface area (Å²) in [6, 6.07) is 9.64. The lowest BCUT2D eigenvalue weighted by Crippen LogP contribution is -2.46. The van der Waals surface area contributed by atoms with Gasteiger partial charge in [0.2, 0.25) is 5.91 Å². The number of hydrogen-bond acceptors (Lipinski definition) is 3. The van der Waals surface area contributed by atoms with Crippen molar-refractivity contribution >= 4 is 29.1 Å². The number of benzene rings is 2. The topological polar surface area (TPSA) is 49.9 Å². The van der Waals surface area contributed by atoms with Gasteiger partial charge >= 0.3 is 0 Å². The molecule has 0 spiro atoms. The van der Waals surface area contributed by atoms with Crippen molar-refractivity contribution in [3.63, 3.8) is 0 Å². The second-order valence-electron chi connectivity index (χ2n) is 7.78. The van der Waals surface area contributed by atoms with Crippen LogP contribution in [0.4, 0.5) is 10.1 Å². The van der Waals surface area contributed by atoms with Crippen LogP contribution in [0.25, 0.3) is 0 Å². The lowest BCUT2D eigenvalue weighted by Gasteiger charge is -2.36. The molecule has 7 heteroatoms. The Kier molecular flexibility index (Phi) is 5.95. The van der Waals surface area contributed by atoms with Gasteiger partial charge in [-0.2, -0.15) is 0 Å². The van der Waals surface area contributed by atoms with Crippen molar-refractivity contribution < 1.29 is 18.7 Å². The Bertz CT molecular complexity index is 973. The number of amides is 2. The van der Waals surface area contributed by atoms with E-state index in [2.05, 4.69) is 0 Å². The second-order valence-corrected chi connectivity index (χ2v) is 8.21. The minimum atomic E-state index is -0.329. The fourth-order valence-corrected chi connectivity index (χ4v) is 4.52. The van der Waals surface area contributed by atoms with Crippen LogP contribution in [0.3, 0.4) is 0 Å². The molecule has 0 bridgehead atoms. The number of piperidine rings is 1. The molecule has 5 nitrogen and oxygen atoms in total. The SMILES string of the molecule is COc1ccc(Cl)cc1C(=O)N1CCC(C(=O)N2CCCc3ccc(F)cc32)CC1. The summed E-state index contributed by atoms with van der Waals surface area (Å²) >= 11 is 6.06. The molecule has 2 aliphatic rings. The van der Waals surface area contributed by atoms with Crippen LogP contribution in [0.2, 0.25) is 5.02 Å². The van der Waals surface area contributed by atoms with E-state index >= 15 is 0 Å². The van der Waals surface area contributed by atoms with Crippen molar-refractivity contribution in [1.29, 1.82) is 0 Å². The minimum Gasteiger partial charge on any atom is -0.496 e. The van der Waals surface area contributed by atoms with E-state index in [1.165, 1.54) is 19.2 Å². The standard InChI is InChI=1S/C23H24ClFN2O3/c1-30-21-7-5-17(24)13-19(21)23(29)26-11-8-16(9-12-26)22(28)27-10-2-3-15-4-6-18(25)14-20(15)27/h4-7,13-14,16H,2-3,8-12H2,1H3. The van der Waals surface area contributed by atoms with Crippen molar-refractivity contribution in [2.45, 2.75) is 25.7 Å². The summed E-state index contributed by atoms with van der Waals surface area (Å²) < 4.78 is 19.1. The maximum atomic E-state index is 13.8. The number of anilines is 1. The van der Waals surface area contributed by atoms with Crippen LogP contribution >= 0.6 is 11.6 Å². The van der Waals surface area contributed by atoms with Crippen LogP contribution in [0.1, 0.15) is 35.2 Å². The summed E-state index contributed by atoms with van der Waals surface area (Å²) in [6.07, 6.45) is 2.88. The number of rotatable bonds is 3. The number of carbonyl (C=O) groups excluding carboxylic acids is 2. The Morgan fingerprint density at radius 3 is 2.60 bits per heavy atom. The van der Waals surface area contributed by atoms with Crippen molar-refractivity contribution in [2.75, 3.05) is 31.6 Å². The highest BCUT2D eigenvalue weighted by molar-refractivity contribution is 6.31. The lowest BCUT2D eigenvalue weighted by atomic mass is 9.92. The summed E-state index contributed by atoms with van der Waals surface area (Å²) in [6.45, 7) is 1.57. The summed E-state index contributed by atoms with van der Waals surface area (Å²) in [5, 5.41) is 0.472. The van der Waals surface area contributed by atoms with Crippen molar-refractivity contribution in [1.82, 2.24) is 4.90 Å². The second kappa shape index (κ2) is 8.64. The van der Waals surface area contributed by atoms with Gasteiger partial charge in [-0.1, -0.05) is 17.7 Å². The van der Waals surface area contributed by atoms with Crippen LogP contribution in [0.15, 0.2) is 36.4 Å². The van der Waals surface area contributed by atoms with Crippen molar-refractivity contribution in [3.8, 4) is 5.75 Å². The molecule has 0 aliphatic carbocycles. The van der Waals surface area contributed by atoms with Gasteiger partial charge in [-0.15, -0.1) is 0 Å². The van der Waals surface area contributed by atoms with E-state index in [0.29, 0.717) is 54.5 Å². The molecule has 30 heavy (non-hydrogen) atoms. The van der Waals surface area contributed by atoms with Crippen LogP contribution in [0, 0.1) is 11.7 Å². The van der Waals surface area contributed by atoms with E-state index in [1.807, 2.05) is 0 Å². The van der Waals surface area contributed by atoms with E-state index in [0.717, 1.165) is 18.4 Å². The molecule has 0 unspecified atom stereocenters. The number of aryl methyl sites for hydroxylation is 1. The molecule has 0 radical (unpaired) electrons. The van der Waals surface area contributed by atoms with Gasteiger partial charge in [0.05, 0.1) is 12.7 Å². The van der Waals surface area contributed by atoms with E-state index in [-0.39, 0.29) is 23.5 Å². The third kappa shape index (κ3) is 4.01. The highest BCUT2D eigenvalue weighted by Crippen LogP contribution is 2.32. The smallest absolute Gasteiger partial charge is 0.257 e. The first-order valence-electron chi connectivity index (χ1n) is 10.2. The molecule has 0 aromatic heterocycles. The molecule has 4 rings (SSSR count). The predicted octanol–water partition coefficient (Wildman–Crippen LogP) is 4.32. The largest absolute Gasteiger partial charge is 0.496 e. The van der Waals surface area contributed by atoms with E-state index in [1.54, 1.807) is 34.1 Å². The third-order valence-corrected chi connectivity index (χ3v) is 6.19. The normalized spacial score (nSPS) is 16.9. The van der Waals surface area contributed by atoms with Gasteiger partial charge in [0.15, 0.2) is 0 Å². The van der Waals surface area contributed by atoms with E-state index in [9.17, 15) is 14.0 Å². The quantitative estimate of drug-likeness (QED) is 0.728. The summed E-state index contributed by atoms with van der Waals surface area (Å²) in [4.78, 5) is 29.6. The average Bonchev–Trinajstić information content (AvgIpc) is 2.77. The van der Waals surface area contributed by atoms with Gasteiger partial charge in [-0.25, -0.2) is 4.39 Å². The number of methoxy groups -OCH3 is 1. The molecular formula is C23H24ClFN2O3. The van der Waals surface area contributed by atoms with E-state index in [4.69, 9.17) is 16.3 Å². The fourth-order valence-electron chi connectivity index (χ4n) is 4.34. The molecule has 2 aliphatic heterocycles. The monoisotopic (exact) mass is 430 g/mol. The molecular weight excluding hydrogens is 407 g/mol. The lowest BCUT2D eigenvalue weighted by molar-refractivity contribution is -0.123.